The lowest BCUT2D eigenvalue weighted by molar-refractivity contribution is 0.00578. The smallest absolute Gasteiger partial charge is 0.400 e. The average molecular weight is 355 g/mol. The van der Waals surface area contributed by atoms with Gasteiger partial charge in [-0.05, 0) is 55.2 Å². The molecular weight excluding hydrogens is 335 g/mol. The van der Waals surface area contributed by atoms with E-state index < -0.39 is 18.3 Å². The molecule has 1 aliphatic rings. The summed E-state index contributed by atoms with van der Waals surface area (Å²) in [5, 5.41) is 9.65. The third kappa shape index (κ3) is 3.31. The number of pyridine rings is 1. The summed E-state index contributed by atoms with van der Waals surface area (Å²) in [5.41, 5.74) is 6.28. The fourth-order valence-electron chi connectivity index (χ4n) is 1.96. The van der Waals surface area contributed by atoms with Gasteiger partial charge in [0.25, 0.3) is 0 Å². The highest BCUT2D eigenvalue weighted by Crippen LogP contribution is 2.38. The van der Waals surface area contributed by atoms with E-state index in [2.05, 4.69) is 20.9 Å². The van der Waals surface area contributed by atoms with E-state index in [0.29, 0.717) is 16.9 Å². The molecule has 1 saturated heterocycles. The monoisotopic (exact) mass is 354 g/mol. The van der Waals surface area contributed by atoms with Gasteiger partial charge in [0, 0.05) is 16.2 Å². The predicted octanol–water partition coefficient (Wildman–Crippen LogP) is 2.43. The molecule has 0 amide bonds. The number of hydrogen-bond acceptors (Lipinski definition) is 5. The first kappa shape index (κ1) is 16.5. The number of nitrogens with zero attached hydrogens (tertiary/aromatic N) is 1. The van der Waals surface area contributed by atoms with E-state index >= 15 is 0 Å². The van der Waals surface area contributed by atoms with E-state index in [1.54, 1.807) is 12.3 Å². The van der Waals surface area contributed by atoms with Crippen molar-refractivity contribution in [2.24, 2.45) is 0 Å². The molecule has 0 unspecified atom stereocenters. The Hall–Kier alpha value is -0.885. The standard InChI is InChI=1S/C14H20BBrN2O3/c1-13(2)14(3,4)21-15(20-13)10(8-19)5-9-6-11(16)7-18-12(9)17/h5-7,19H,8H2,1-4H3,(H2,17,18). The highest BCUT2D eigenvalue weighted by molar-refractivity contribution is 9.10. The van der Waals surface area contributed by atoms with Crippen LogP contribution in [0.4, 0.5) is 5.82 Å². The number of anilines is 1. The molecule has 0 saturated carbocycles. The van der Waals surface area contributed by atoms with Crippen LogP contribution in [0.3, 0.4) is 0 Å². The van der Waals surface area contributed by atoms with Crippen LogP contribution in [0, 0.1) is 0 Å². The fourth-order valence-corrected chi connectivity index (χ4v) is 2.31. The lowest BCUT2D eigenvalue weighted by Gasteiger charge is -2.32. The van der Waals surface area contributed by atoms with Crippen molar-refractivity contribution in [2.75, 3.05) is 12.3 Å². The molecule has 5 nitrogen and oxygen atoms in total. The molecule has 0 radical (unpaired) electrons. The van der Waals surface area contributed by atoms with Crippen LogP contribution < -0.4 is 5.73 Å². The zero-order valence-corrected chi connectivity index (χ0v) is 14.3. The summed E-state index contributed by atoms with van der Waals surface area (Å²) < 4.78 is 12.7. The zero-order chi connectivity index (χ0) is 15.8. The second kappa shape index (κ2) is 5.72. The molecular formula is C14H20BBrN2O3. The van der Waals surface area contributed by atoms with Crippen molar-refractivity contribution in [2.45, 2.75) is 38.9 Å². The molecule has 0 spiro atoms. The summed E-state index contributed by atoms with van der Waals surface area (Å²) in [6.07, 6.45) is 3.38. The highest BCUT2D eigenvalue weighted by Gasteiger charge is 2.52. The van der Waals surface area contributed by atoms with Crippen LogP contribution >= 0.6 is 15.9 Å². The molecule has 3 N–H and O–H groups in total. The van der Waals surface area contributed by atoms with Crippen molar-refractivity contribution in [1.29, 1.82) is 0 Å². The molecule has 1 fully saturated rings. The van der Waals surface area contributed by atoms with Crippen LogP contribution in [0.5, 0.6) is 0 Å². The Kier molecular flexibility index (Phi) is 4.49. The van der Waals surface area contributed by atoms with E-state index in [4.69, 9.17) is 15.0 Å². The third-order valence-corrected chi connectivity index (χ3v) is 4.43. The minimum absolute atomic E-state index is 0.178. The van der Waals surface area contributed by atoms with E-state index in [9.17, 15) is 5.11 Å². The molecule has 7 heteroatoms. The maximum absolute atomic E-state index is 9.65. The Labute approximate surface area is 133 Å². The Balaban J connectivity index is 2.33. The van der Waals surface area contributed by atoms with Crippen molar-refractivity contribution in [3.05, 3.63) is 27.8 Å². The first-order valence-electron chi connectivity index (χ1n) is 6.74. The third-order valence-electron chi connectivity index (χ3n) is 4.00. The normalized spacial score (nSPS) is 20.9. The molecule has 21 heavy (non-hydrogen) atoms. The topological polar surface area (TPSA) is 77.6 Å². The number of hydrogen-bond donors (Lipinski definition) is 2. The average Bonchev–Trinajstić information content (AvgIpc) is 2.59. The summed E-state index contributed by atoms with van der Waals surface area (Å²) in [7, 11) is -0.599. The van der Waals surface area contributed by atoms with Crippen LogP contribution in [0.1, 0.15) is 33.3 Å². The molecule has 0 aromatic carbocycles. The Bertz CT molecular complexity index is 559. The van der Waals surface area contributed by atoms with Gasteiger partial charge >= 0.3 is 7.12 Å². The molecule has 2 rings (SSSR count). The Morgan fingerprint density at radius 2 is 1.95 bits per heavy atom. The molecule has 1 aromatic heterocycles. The lowest BCUT2D eigenvalue weighted by atomic mass is 9.77. The molecule has 1 aromatic rings. The fraction of sp³-hybridized carbons (Fsp3) is 0.500. The lowest BCUT2D eigenvalue weighted by Crippen LogP contribution is -2.41. The van der Waals surface area contributed by atoms with Crippen molar-refractivity contribution in [1.82, 2.24) is 4.98 Å². The molecule has 0 atom stereocenters. The number of aliphatic hydroxyl groups is 1. The number of aromatic nitrogens is 1. The first-order valence-corrected chi connectivity index (χ1v) is 7.53. The summed E-state index contributed by atoms with van der Waals surface area (Å²) in [6.45, 7) is 7.70. The number of nitrogens with two attached hydrogens (primary N) is 1. The molecule has 1 aliphatic heterocycles. The van der Waals surface area contributed by atoms with Crippen molar-refractivity contribution in [3.8, 4) is 0 Å². The Morgan fingerprint density at radius 1 is 1.38 bits per heavy atom. The van der Waals surface area contributed by atoms with Crippen molar-refractivity contribution < 1.29 is 14.4 Å². The van der Waals surface area contributed by atoms with E-state index in [1.165, 1.54) is 0 Å². The van der Waals surface area contributed by atoms with Crippen LogP contribution in [-0.4, -0.2) is 35.0 Å². The van der Waals surface area contributed by atoms with E-state index in [-0.39, 0.29) is 6.61 Å². The summed E-state index contributed by atoms with van der Waals surface area (Å²) in [6, 6.07) is 1.84. The minimum atomic E-state index is -0.599. The van der Waals surface area contributed by atoms with Gasteiger partial charge in [-0.3, -0.25) is 0 Å². The second-order valence-corrected chi connectivity index (χ2v) is 7.01. The van der Waals surface area contributed by atoms with Gasteiger partial charge in [0.1, 0.15) is 5.82 Å². The summed E-state index contributed by atoms with van der Waals surface area (Å²) >= 11 is 3.36. The molecule has 114 valence electrons. The Morgan fingerprint density at radius 3 is 2.48 bits per heavy atom. The van der Waals surface area contributed by atoms with E-state index in [0.717, 1.165) is 4.47 Å². The van der Waals surface area contributed by atoms with Crippen molar-refractivity contribution in [3.63, 3.8) is 0 Å². The number of halogens is 1. The van der Waals surface area contributed by atoms with Crippen molar-refractivity contribution >= 4 is 34.9 Å². The van der Waals surface area contributed by atoms with Gasteiger partial charge in [0.15, 0.2) is 0 Å². The number of aliphatic hydroxyl groups excluding tert-OH is 1. The quantitative estimate of drug-likeness (QED) is 0.815. The molecule has 0 aliphatic carbocycles. The van der Waals surface area contributed by atoms with Gasteiger partial charge < -0.3 is 20.1 Å². The summed E-state index contributed by atoms with van der Waals surface area (Å²) in [4.78, 5) is 4.07. The largest absolute Gasteiger partial charge is 0.492 e. The van der Waals surface area contributed by atoms with Crippen LogP contribution in [0.2, 0.25) is 0 Å². The van der Waals surface area contributed by atoms with Gasteiger partial charge in [-0.1, -0.05) is 6.08 Å². The maximum Gasteiger partial charge on any atom is 0.492 e. The van der Waals surface area contributed by atoms with Gasteiger partial charge in [-0.2, -0.15) is 0 Å². The summed E-state index contributed by atoms with van der Waals surface area (Å²) in [5.74, 6) is 0.390. The van der Waals surface area contributed by atoms with Gasteiger partial charge in [0.2, 0.25) is 0 Å². The predicted molar refractivity (Wildman–Crippen MR) is 87.5 cm³/mol. The molecule has 0 bridgehead atoms. The van der Waals surface area contributed by atoms with E-state index in [1.807, 2.05) is 33.8 Å². The molecule has 2 heterocycles. The number of rotatable bonds is 3. The van der Waals surface area contributed by atoms with Crippen LogP contribution in [-0.2, 0) is 9.31 Å². The van der Waals surface area contributed by atoms with Gasteiger partial charge in [-0.25, -0.2) is 4.98 Å². The van der Waals surface area contributed by atoms with Crippen LogP contribution in [0.15, 0.2) is 22.2 Å². The highest BCUT2D eigenvalue weighted by atomic mass is 79.9. The number of nitrogen functional groups attached to an aromatic ring is 1. The first-order chi connectivity index (χ1) is 9.66. The minimum Gasteiger partial charge on any atom is -0.400 e. The SMILES string of the molecule is CC1(C)OB(C(=Cc2cc(Br)cnc2N)CO)OC1(C)C. The second-order valence-electron chi connectivity index (χ2n) is 6.09. The van der Waals surface area contributed by atoms with Crippen LogP contribution in [0.25, 0.3) is 6.08 Å². The van der Waals surface area contributed by atoms with Gasteiger partial charge in [-0.15, -0.1) is 0 Å². The maximum atomic E-state index is 9.65. The van der Waals surface area contributed by atoms with Gasteiger partial charge in [0.05, 0.1) is 17.8 Å². The zero-order valence-electron chi connectivity index (χ0n) is 12.7.